The van der Waals surface area contributed by atoms with Crippen LogP contribution in [0.15, 0.2) is 40.7 Å². The molecule has 1 fully saturated rings. The molecule has 1 aromatic carbocycles. The molecule has 30 heavy (non-hydrogen) atoms. The number of guanidine groups is 1. The fourth-order valence-corrected chi connectivity index (χ4v) is 4.76. The molecule has 2 heterocycles. The van der Waals surface area contributed by atoms with Crippen molar-refractivity contribution in [1.29, 1.82) is 0 Å². The second-order valence-electron chi connectivity index (χ2n) is 8.70. The van der Waals surface area contributed by atoms with E-state index in [1.807, 2.05) is 13.1 Å². The number of aromatic nitrogens is 1. The van der Waals surface area contributed by atoms with Crippen molar-refractivity contribution >= 4 is 41.3 Å². The van der Waals surface area contributed by atoms with Crippen LogP contribution in [0, 0.1) is 11.3 Å². The molecule has 7 heteroatoms. The Morgan fingerprint density at radius 3 is 2.70 bits per heavy atom. The Labute approximate surface area is 202 Å². The smallest absolute Gasteiger partial charge is 0.191 e. The van der Waals surface area contributed by atoms with Gasteiger partial charge < -0.3 is 15.4 Å². The average Bonchev–Trinajstić information content (AvgIpc) is 3.19. The minimum absolute atomic E-state index is 0. The van der Waals surface area contributed by atoms with Crippen molar-refractivity contribution in [2.75, 3.05) is 26.7 Å². The predicted octanol–water partition coefficient (Wildman–Crippen LogP) is 4.98. The van der Waals surface area contributed by atoms with Crippen LogP contribution >= 0.6 is 35.3 Å². The first-order valence-corrected chi connectivity index (χ1v) is 11.4. The molecule has 2 unspecified atom stereocenters. The molecule has 0 aliphatic carbocycles. The summed E-state index contributed by atoms with van der Waals surface area (Å²) in [6.45, 7) is 9.36. The molecule has 1 aromatic heterocycles. The number of hydrogen-bond donors (Lipinski definition) is 2. The summed E-state index contributed by atoms with van der Waals surface area (Å²) >= 11 is 1.70. The van der Waals surface area contributed by atoms with E-state index in [1.54, 1.807) is 11.3 Å². The topological polar surface area (TPSA) is 58.5 Å². The van der Waals surface area contributed by atoms with E-state index in [9.17, 15) is 0 Å². The van der Waals surface area contributed by atoms with Gasteiger partial charge in [-0.05, 0) is 18.3 Å². The Balaban J connectivity index is 0.00000320. The quantitative estimate of drug-likeness (QED) is 0.307. The highest BCUT2D eigenvalue weighted by atomic mass is 127. The van der Waals surface area contributed by atoms with E-state index in [4.69, 9.17) is 9.72 Å². The number of nitrogens with one attached hydrogen (secondary N) is 2. The van der Waals surface area contributed by atoms with E-state index in [0.29, 0.717) is 5.92 Å². The lowest BCUT2D eigenvalue weighted by atomic mass is 9.78. The standard InChI is InChI=1S/C23H34N4OS.HI/c1-23(2,3)20-18(11-8-14-28-20)15-26-22(24-4)25-13-12-19-16-29-21(27-19)17-9-6-5-7-10-17;/h5-7,9-10,16,18,20H,8,11-15H2,1-4H3,(H2,24,25,26);1H. The first kappa shape index (κ1) is 25.1. The lowest BCUT2D eigenvalue weighted by Crippen LogP contribution is -2.47. The van der Waals surface area contributed by atoms with Gasteiger partial charge in [-0.3, -0.25) is 4.99 Å². The van der Waals surface area contributed by atoms with E-state index < -0.39 is 0 Å². The predicted molar refractivity (Wildman–Crippen MR) is 138 cm³/mol. The van der Waals surface area contributed by atoms with Crippen LogP contribution in [0.25, 0.3) is 10.6 Å². The molecule has 166 valence electrons. The van der Waals surface area contributed by atoms with Gasteiger partial charge >= 0.3 is 0 Å². The zero-order valence-electron chi connectivity index (χ0n) is 18.5. The Kier molecular flexibility index (Phi) is 10.0. The van der Waals surface area contributed by atoms with Crippen molar-refractivity contribution in [2.45, 2.75) is 46.1 Å². The summed E-state index contributed by atoms with van der Waals surface area (Å²) in [5.74, 6) is 1.36. The number of thiazole rings is 1. The zero-order chi connectivity index (χ0) is 20.7. The van der Waals surface area contributed by atoms with Crippen LogP contribution in [0.2, 0.25) is 0 Å². The second-order valence-corrected chi connectivity index (χ2v) is 9.56. The Morgan fingerprint density at radius 1 is 1.23 bits per heavy atom. The molecule has 0 bridgehead atoms. The van der Waals surface area contributed by atoms with Crippen LogP contribution in [0.5, 0.6) is 0 Å². The maximum absolute atomic E-state index is 6.09. The summed E-state index contributed by atoms with van der Waals surface area (Å²) in [4.78, 5) is 9.14. The Morgan fingerprint density at radius 2 is 2.00 bits per heavy atom. The van der Waals surface area contributed by atoms with Crippen molar-refractivity contribution in [2.24, 2.45) is 16.3 Å². The number of rotatable bonds is 6. The molecule has 1 aliphatic rings. The van der Waals surface area contributed by atoms with Gasteiger partial charge in [0.15, 0.2) is 5.96 Å². The second kappa shape index (κ2) is 12.0. The molecule has 3 rings (SSSR count). The lowest BCUT2D eigenvalue weighted by Gasteiger charge is -2.40. The molecule has 1 saturated heterocycles. The van der Waals surface area contributed by atoms with Gasteiger partial charge in [-0.15, -0.1) is 35.3 Å². The van der Waals surface area contributed by atoms with Crippen LogP contribution in [0.3, 0.4) is 0 Å². The van der Waals surface area contributed by atoms with Gasteiger partial charge in [-0.25, -0.2) is 4.98 Å². The lowest BCUT2D eigenvalue weighted by molar-refractivity contribution is -0.0835. The summed E-state index contributed by atoms with van der Waals surface area (Å²) in [7, 11) is 1.82. The van der Waals surface area contributed by atoms with Gasteiger partial charge in [0.1, 0.15) is 5.01 Å². The average molecular weight is 543 g/mol. The highest BCUT2D eigenvalue weighted by Gasteiger charge is 2.35. The van der Waals surface area contributed by atoms with E-state index in [1.165, 1.54) is 12.0 Å². The third-order valence-corrected chi connectivity index (χ3v) is 6.24. The van der Waals surface area contributed by atoms with Crippen molar-refractivity contribution in [1.82, 2.24) is 15.6 Å². The van der Waals surface area contributed by atoms with Crippen molar-refractivity contribution in [3.63, 3.8) is 0 Å². The van der Waals surface area contributed by atoms with Gasteiger partial charge in [0.05, 0.1) is 11.8 Å². The Hall–Kier alpha value is -1.19. The van der Waals surface area contributed by atoms with E-state index in [2.05, 4.69) is 66.0 Å². The monoisotopic (exact) mass is 542 g/mol. The van der Waals surface area contributed by atoms with E-state index >= 15 is 0 Å². The molecule has 2 atom stereocenters. The van der Waals surface area contributed by atoms with Gasteiger partial charge in [-0.1, -0.05) is 51.1 Å². The van der Waals surface area contributed by atoms with E-state index in [0.717, 1.165) is 49.2 Å². The molecule has 0 spiro atoms. The molecule has 0 amide bonds. The van der Waals surface area contributed by atoms with Crippen LogP contribution < -0.4 is 10.6 Å². The van der Waals surface area contributed by atoms with Crippen LogP contribution in [-0.4, -0.2) is 43.8 Å². The molecule has 5 nitrogen and oxygen atoms in total. The summed E-state index contributed by atoms with van der Waals surface area (Å²) < 4.78 is 6.09. The summed E-state index contributed by atoms with van der Waals surface area (Å²) in [6.07, 6.45) is 3.50. The van der Waals surface area contributed by atoms with Crippen LogP contribution in [-0.2, 0) is 11.2 Å². The largest absolute Gasteiger partial charge is 0.377 e. The first-order chi connectivity index (χ1) is 14.0. The molecule has 0 radical (unpaired) electrons. The van der Waals surface area contributed by atoms with E-state index in [-0.39, 0.29) is 35.5 Å². The third-order valence-electron chi connectivity index (χ3n) is 5.30. The first-order valence-electron chi connectivity index (χ1n) is 10.5. The number of nitrogens with zero attached hydrogens (tertiary/aromatic N) is 2. The molecular formula is C23H35IN4OS. The molecule has 2 aromatic rings. The highest BCUT2D eigenvalue weighted by Crippen LogP contribution is 2.33. The molecular weight excluding hydrogens is 507 g/mol. The third kappa shape index (κ3) is 7.20. The molecule has 2 N–H and O–H groups in total. The Bertz CT molecular complexity index is 788. The van der Waals surface area contributed by atoms with Gasteiger partial charge in [-0.2, -0.15) is 0 Å². The number of halogens is 1. The minimum Gasteiger partial charge on any atom is -0.377 e. The maximum atomic E-state index is 6.09. The normalized spacial score (nSPS) is 19.8. The van der Waals surface area contributed by atoms with Gasteiger partial charge in [0, 0.05) is 50.0 Å². The van der Waals surface area contributed by atoms with Crippen LogP contribution in [0.4, 0.5) is 0 Å². The summed E-state index contributed by atoms with van der Waals surface area (Å²) in [5.41, 5.74) is 2.45. The summed E-state index contributed by atoms with van der Waals surface area (Å²) in [6, 6.07) is 10.3. The van der Waals surface area contributed by atoms with Crippen LogP contribution in [0.1, 0.15) is 39.3 Å². The minimum atomic E-state index is 0. The molecule has 1 aliphatic heterocycles. The number of aliphatic imine (C=N–C) groups is 1. The van der Waals surface area contributed by atoms with Crippen molar-refractivity contribution in [3.05, 3.63) is 41.4 Å². The molecule has 0 saturated carbocycles. The highest BCUT2D eigenvalue weighted by molar-refractivity contribution is 14.0. The summed E-state index contributed by atoms with van der Waals surface area (Å²) in [5, 5.41) is 10.1. The number of ether oxygens (including phenoxy) is 1. The fraction of sp³-hybridized carbons (Fsp3) is 0.565. The zero-order valence-corrected chi connectivity index (χ0v) is 21.6. The number of benzene rings is 1. The van der Waals surface area contributed by atoms with Gasteiger partial charge in [0.2, 0.25) is 0 Å². The number of hydrogen-bond acceptors (Lipinski definition) is 4. The maximum Gasteiger partial charge on any atom is 0.191 e. The van der Waals surface area contributed by atoms with Crippen molar-refractivity contribution < 1.29 is 4.74 Å². The SMILES string of the molecule is CN=C(NCCc1csc(-c2ccccc2)n1)NCC1CCCOC1C(C)(C)C.I. The van der Waals surface area contributed by atoms with Gasteiger partial charge in [0.25, 0.3) is 0 Å². The fourth-order valence-electron chi connectivity index (χ4n) is 3.90. The van der Waals surface area contributed by atoms with Crippen molar-refractivity contribution in [3.8, 4) is 10.6 Å².